The highest BCUT2D eigenvalue weighted by Gasteiger charge is 2.31. The molecule has 0 spiro atoms. The third-order valence-corrected chi connectivity index (χ3v) is 7.21. The number of rotatable bonds is 8. The lowest BCUT2D eigenvalue weighted by molar-refractivity contribution is -0.384. The van der Waals surface area contributed by atoms with Crippen LogP contribution >= 0.6 is 0 Å². The van der Waals surface area contributed by atoms with E-state index in [1.54, 1.807) is 6.07 Å². The van der Waals surface area contributed by atoms with Crippen LogP contribution in [0.2, 0.25) is 0 Å². The number of benzene rings is 2. The Labute approximate surface area is 176 Å². The predicted molar refractivity (Wildman–Crippen MR) is 115 cm³/mol. The monoisotopic (exact) mass is 431 g/mol. The number of carbonyl (C=O) groups excluding carboxylic acids is 1. The molecule has 2 aromatic rings. The van der Waals surface area contributed by atoms with Crippen molar-refractivity contribution in [3.8, 4) is 0 Å². The molecule has 1 aliphatic rings. The molecular weight excluding hydrogens is 406 g/mol. The van der Waals surface area contributed by atoms with E-state index in [4.69, 9.17) is 0 Å². The van der Waals surface area contributed by atoms with Crippen LogP contribution in [0.15, 0.2) is 54.6 Å². The van der Waals surface area contributed by atoms with Gasteiger partial charge in [-0.15, -0.1) is 0 Å². The lowest BCUT2D eigenvalue weighted by Gasteiger charge is -2.30. The van der Waals surface area contributed by atoms with Gasteiger partial charge in [0, 0.05) is 36.8 Å². The summed E-state index contributed by atoms with van der Waals surface area (Å²) in [5, 5.41) is 13.6. The highest BCUT2D eigenvalue weighted by atomic mass is 32.2. The molecule has 2 aromatic carbocycles. The van der Waals surface area contributed by atoms with Gasteiger partial charge in [-0.25, -0.2) is 12.7 Å². The van der Waals surface area contributed by atoms with Crippen LogP contribution in [0.5, 0.6) is 0 Å². The minimum atomic E-state index is -3.35. The summed E-state index contributed by atoms with van der Waals surface area (Å²) in [7, 11) is -3.35. The molecule has 1 heterocycles. The summed E-state index contributed by atoms with van der Waals surface area (Å²) < 4.78 is 26.7. The molecule has 1 aliphatic heterocycles. The lowest BCUT2D eigenvalue weighted by atomic mass is 9.97. The molecule has 0 saturated carbocycles. The first-order chi connectivity index (χ1) is 14.3. The Morgan fingerprint density at radius 1 is 1.10 bits per heavy atom. The van der Waals surface area contributed by atoms with Crippen LogP contribution in [0.4, 0.5) is 11.4 Å². The number of hydrogen-bond donors (Lipinski definition) is 1. The maximum absolute atomic E-state index is 12.6. The topological polar surface area (TPSA) is 110 Å². The first-order valence-electron chi connectivity index (χ1n) is 9.92. The molecule has 0 aromatic heterocycles. The Kier molecular flexibility index (Phi) is 7.17. The number of sulfonamides is 1. The third kappa shape index (κ3) is 5.87. The molecule has 0 radical (unpaired) electrons. The van der Waals surface area contributed by atoms with Gasteiger partial charge in [0.25, 0.3) is 5.69 Å². The minimum Gasteiger partial charge on any atom is -0.326 e. The SMILES string of the molecule is O=C(Nc1cccc([N+](=O)[O-])c1)C1CCN(S(=O)(=O)CCCc2ccccc2)CC1. The Morgan fingerprint density at radius 3 is 2.47 bits per heavy atom. The molecule has 0 aliphatic carbocycles. The van der Waals surface area contributed by atoms with Gasteiger partial charge < -0.3 is 5.32 Å². The second-order valence-electron chi connectivity index (χ2n) is 7.38. The molecule has 9 heteroatoms. The van der Waals surface area contributed by atoms with E-state index in [0.717, 1.165) is 5.56 Å². The van der Waals surface area contributed by atoms with Crippen LogP contribution in [0, 0.1) is 16.0 Å². The number of carbonyl (C=O) groups is 1. The summed E-state index contributed by atoms with van der Waals surface area (Å²) in [6.45, 7) is 0.612. The number of amides is 1. The first-order valence-corrected chi connectivity index (χ1v) is 11.5. The third-order valence-electron chi connectivity index (χ3n) is 5.25. The van der Waals surface area contributed by atoms with Crippen molar-refractivity contribution < 1.29 is 18.1 Å². The summed E-state index contributed by atoms with van der Waals surface area (Å²) in [6, 6.07) is 15.5. The van der Waals surface area contributed by atoms with Crippen molar-refractivity contribution in [1.82, 2.24) is 4.31 Å². The maximum atomic E-state index is 12.6. The van der Waals surface area contributed by atoms with Crippen molar-refractivity contribution in [2.45, 2.75) is 25.7 Å². The first kappa shape index (κ1) is 21.9. The van der Waals surface area contributed by atoms with Crippen molar-refractivity contribution in [2.75, 3.05) is 24.2 Å². The van der Waals surface area contributed by atoms with Gasteiger partial charge in [-0.2, -0.15) is 0 Å². The molecule has 0 atom stereocenters. The molecule has 0 bridgehead atoms. The number of nitro benzene ring substituents is 1. The number of piperidine rings is 1. The summed E-state index contributed by atoms with van der Waals surface area (Å²) in [4.78, 5) is 22.8. The van der Waals surface area contributed by atoms with E-state index in [1.165, 1.54) is 22.5 Å². The summed E-state index contributed by atoms with van der Waals surface area (Å²) in [6.07, 6.45) is 2.12. The van der Waals surface area contributed by atoms with Gasteiger partial charge in [-0.1, -0.05) is 36.4 Å². The minimum absolute atomic E-state index is 0.0897. The fourth-order valence-corrected chi connectivity index (χ4v) is 5.10. The molecule has 30 heavy (non-hydrogen) atoms. The fraction of sp³-hybridized carbons (Fsp3) is 0.381. The molecule has 1 fully saturated rings. The van der Waals surface area contributed by atoms with E-state index in [9.17, 15) is 23.3 Å². The average Bonchev–Trinajstić information content (AvgIpc) is 2.74. The van der Waals surface area contributed by atoms with Gasteiger partial charge in [-0.3, -0.25) is 14.9 Å². The maximum Gasteiger partial charge on any atom is 0.271 e. The van der Waals surface area contributed by atoms with E-state index in [2.05, 4.69) is 5.32 Å². The fourth-order valence-electron chi connectivity index (χ4n) is 3.57. The number of hydrogen-bond acceptors (Lipinski definition) is 5. The van der Waals surface area contributed by atoms with E-state index >= 15 is 0 Å². The summed E-state index contributed by atoms with van der Waals surface area (Å²) in [5.41, 5.74) is 1.39. The van der Waals surface area contributed by atoms with Gasteiger partial charge in [0.1, 0.15) is 0 Å². The number of nitrogens with one attached hydrogen (secondary N) is 1. The van der Waals surface area contributed by atoms with E-state index in [0.29, 0.717) is 44.5 Å². The van der Waals surface area contributed by atoms with Gasteiger partial charge in [0.2, 0.25) is 15.9 Å². The predicted octanol–water partition coefficient (Wildman–Crippen LogP) is 3.21. The van der Waals surface area contributed by atoms with Gasteiger partial charge in [0.05, 0.1) is 10.7 Å². The lowest BCUT2D eigenvalue weighted by Crippen LogP contribution is -2.42. The van der Waals surface area contributed by atoms with Crippen LogP contribution < -0.4 is 5.32 Å². The van der Waals surface area contributed by atoms with Crippen LogP contribution in [0.3, 0.4) is 0 Å². The molecule has 1 saturated heterocycles. The van der Waals surface area contributed by atoms with Crippen LogP contribution in [0.1, 0.15) is 24.8 Å². The standard InChI is InChI=1S/C21H25N3O5S/c25-21(22-19-9-4-10-20(16-19)24(26)27)18-11-13-23(14-12-18)30(28,29)15-5-8-17-6-2-1-3-7-17/h1-4,6-7,9-10,16,18H,5,8,11-15H2,(H,22,25). The van der Waals surface area contributed by atoms with Crippen molar-refractivity contribution in [2.24, 2.45) is 5.92 Å². The van der Waals surface area contributed by atoms with Crippen molar-refractivity contribution in [3.05, 3.63) is 70.3 Å². The van der Waals surface area contributed by atoms with Crippen molar-refractivity contribution >= 4 is 27.3 Å². The number of nitrogens with zero attached hydrogens (tertiary/aromatic N) is 2. The molecule has 8 nitrogen and oxygen atoms in total. The highest BCUT2D eigenvalue weighted by molar-refractivity contribution is 7.89. The summed E-state index contributed by atoms with van der Waals surface area (Å²) in [5.74, 6) is -0.469. The van der Waals surface area contributed by atoms with Crippen molar-refractivity contribution in [3.63, 3.8) is 0 Å². The Morgan fingerprint density at radius 2 is 1.80 bits per heavy atom. The molecule has 1 N–H and O–H groups in total. The normalized spacial score (nSPS) is 15.6. The second kappa shape index (κ2) is 9.82. The zero-order valence-electron chi connectivity index (χ0n) is 16.6. The molecule has 1 amide bonds. The van der Waals surface area contributed by atoms with E-state index < -0.39 is 14.9 Å². The number of aryl methyl sites for hydroxylation is 1. The summed E-state index contributed by atoms with van der Waals surface area (Å²) >= 11 is 0. The number of nitro groups is 1. The van der Waals surface area contributed by atoms with Gasteiger partial charge in [-0.05, 0) is 37.3 Å². The average molecular weight is 432 g/mol. The molecule has 160 valence electrons. The zero-order chi connectivity index (χ0) is 21.6. The Hall–Kier alpha value is -2.78. The number of non-ortho nitro benzene ring substituents is 1. The Balaban J connectivity index is 1.48. The number of anilines is 1. The second-order valence-corrected chi connectivity index (χ2v) is 9.46. The largest absolute Gasteiger partial charge is 0.326 e. The quantitative estimate of drug-likeness (QED) is 0.510. The van der Waals surface area contributed by atoms with Crippen LogP contribution in [-0.2, 0) is 21.2 Å². The van der Waals surface area contributed by atoms with Gasteiger partial charge in [0.15, 0.2) is 0 Å². The highest BCUT2D eigenvalue weighted by Crippen LogP contribution is 2.23. The molecular formula is C21H25N3O5S. The van der Waals surface area contributed by atoms with E-state index in [1.807, 2.05) is 30.3 Å². The molecule has 3 rings (SSSR count). The zero-order valence-corrected chi connectivity index (χ0v) is 17.4. The van der Waals surface area contributed by atoms with Crippen LogP contribution in [-0.4, -0.2) is 42.4 Å². The smallest absolute Gasteiger partial charge is 0.271 e. The van der Waals surface area contributed by atoms with E-state index in [-0.39, 0.29) is 23.3 Å². The molecule has 0 unspecified atom stereocenters. The van der Waals surface area contributed by atoms with Gasteiger partial charge >= 0.3 is 0 Å². The van der Waals surface area contributed by atoms with Crippen molar-refractivity contribution in [1.29, 1.82) is 0 Å². The van der Waals surface area contributed by atoms with Crippen LogP contribution in [0.25, 0.3) is 0 Å². The Bertz CT molecular complexity index is 987.